The molecule has 11 heavy (non-hydrogen) atoms. The molecule has 1 heterocycles. The van der Waals surface area contributed by atoms with Gasteiger partial charge in [0, 0.05) is 24.5 Å². The van der Waals surface area contributed by atoms with Gasteiger partial charge in [0.2, 0.25) is 0 Å². The molecule has 1 aromatic heterocycles. The molecule has 0 radical (unpaired) electrons. The summed E-state index contributed by atoms with van der Waals surface area (Å²) in [6.45, 7) is 4.20. The van der Waals surface area contributed by atoms with Crippen molar-refractivity contribution in [2.45, 2.75) is 32.4 Å². The zero-order chi connectivity index (χ0) is 8.27. The summed E-state index contributed by atoms with van der Waals surface area (Å²) >= 11 is 0. The second-order valence-electron chi connectivity index (χ2n) is 2.82. The molecule has 0 spiro atoms. The number of nitrogens with zero attached hydrogens (tertiary/aromatic N) is 2. The maximum absolute atomic E-state index is 5.86. The van der Waals surface area contributed by atoms with Crippen LogP contribution >= 0.6 is 0 Å². The second-order valence-corrected chi connectivity index (χ2v) is 2.82. The number of hydrogen-bond acceptors (Lipinski definition) is 2. The normalized spacial score (nSPS) is 16.3. The summed E-state index contributed by atoms with van der Waals surface area (Å²) in [6.07, 6.45) is 6.53. The minimum atomic E-state index is 0.226. The molecule has 0 saturated carbocycles. The van der Waals surface area contributed by atoms with E-state index < -0.39 is 0 Å². The summed E-state index contributed by atoms with van der Waals surface area (Å²) in [4.78, 5) is 3.97. The van der Waals surface area contributed by atoms with E-state index in [0.717, 1.165) is 6.42 Å². The monoisotopic (exact) mass is 153 g/mol. The molecule has 62 valence electrons. The molecule has 0 aromatic carbocycles. The lowest BCUT2D eigenvalue weighted by Gasteiger charge is -2.19. The van der Waals surface area contributed by atoms with Crippen molar-refractivity contribution in [3.63, 3.8) is 0 Å². The average molecular weight is 153 g/mol. The first-order valence-corrected chi connectivity index (χ1v) is 3.98. The van der Waals surface area contributed by atoms with Crippen molar-refractivity contribution in [2.75, 3.05) is 0 Å². The lowest BCUT2D eigenvalue weighted by molar-refractivity contribution is 0.431. The van der Waals surface area contributed by atoms with Crippen LogP contribution in [0, 0.1) is 0 Å². The van der Waals surface area contributed by atoms with E-state index >= 15 is 0 Å². The molecule has 0 aliphatic heterocycles. The summed E-state index contributed by atoms with van der Waals surface area (Å²) in [6, 6.07) is 0.576. The Kier molecular flexibility index (Phi) is 2.65. The Labute approximate surface area is 67.2 Å². The summed E-state index contributed by atoms with van der Waals surface area (Å²) in [7, 11) is 0. The van der Waals surface area contributed by atoms with Crippen molar-refractivity contribution in [3.8, 4) is 0 Å². The minimum Gasteiger partial charge on any atom is -0.333 e. The lowest BCUT2D eigenvalue weighted by atomic mass is 10.1. The third-order valence-corrected chi connectivity index (χ3v) is 2.09. The van der Waals surface area contributed by atoms with Gasteiger partial charge in [0.25, 0.3) is 0 Å². The molecule has 0 aliphatic carbocycles. The third-order valence-electron chi connectivity index (χ3n) is 2.09. The maximum Gasteiger partial charge on any atom is 0.0948 e. The van der Waals surface area contributed by atoms with E-state index in [1.807, 2.05) is 10.8 Å². The smallest absolute Gasteiger partial charge is 0.0948 e. The highest BCUT2D eigenvalue weighted by molar-refractivity contribution is 4.82. The Hall–Kier alpha value is -0.830. The molecule has 2 atom stereocenters. The van der Waals surface area contributed by atoms with Crippen molar-refractivity contribution in [1.82, 2.24) is 9.55 Å². The molecule has 3 heteroatoms. The topological polar surface area (TPSA) is 43.8 Å². The van der Waals surface area contributed by atoms with E-state index in [9.17, 15) is 0 Å². The van der Waals surface area contributed by atoms with Crippen LogP contribution in [0.1, 0.15) is 26.3 Å². The van der Waals surface area contributed by atoms with E-state index in [1.54, 1.807) is 12.5 Å². The molecular formula is C8H15N3. The molecule has 0 bridgehead atoms. The van der Waals surface area contributed by atoms with Crippen LogP contribution in [0.25, 0.3) is 0 Å². The molecule has 3 nitrogen and oxygen atoms in total. The summed E-state index contributed by atoms with van der Waals surface area (Å²) in [5.41, 5.74) is 5.86. The molecule has 0 aliphatic rings. The maximum atomic E-state index is 5.86. The van der Waals surface area contributed by atoms with E-state index in [0.29, 0.717) is 6.04 Å². The summed E-state index contributed by atoms with van der Waals surface area (Å²) in [5, 5.41) is 0. The highest BCUT2D eigenvalue weighted by Crippen LogP contribution is 2.10. The van der Waals surface area contributed by atoms with Crippen LogP contribution in [0.4, 0.5) is 0 Å². The second kappa shape index (κ2) is 3.53. The van der Waals surface area contributed by atoms with Gasteiger partial charge in [-0.05, 0) is 13.3 Å². The number of nitrogens with two attached hydrogens (primary N) is 1. The van der Waals surface area contributed by atoms with Crippen LogP contribution in [0.3, 0.4) is 0 Å². The highest BCUT2D eigenvalue weighted by Gasteiger charge is 2.10. The Balaban J connectivity index is 2.62. The van der Waals surface area contributed by atoms with Gasteiger partial charge >= 0.3 is 0 Å². The van der Waals surface area contributed by atoms with E-state index in [-0.39, 0.29) is 6.04 Å². The van der Waals surface area contributed by atoms with Crippen LogP contribution < -0.4 is 5.73 Å². The Bertz CT molecular complexity index is 193. The molecule has 2 N–H and O–H groups in total. The predicted molar refractivity (Wildman–Crippen MR) is 45.2 cm³/mol. The van der Waals surface area contributed by atoms with Crippen molar-refractivity contribution in [2.24, 2.45) is 5.73 Å². The van der Waals surface area contributed by atoms with E-state index in [4.69, 9.17) is 5.73 Å². The number of imidazole rings is 1. The first-order chi connectivity index (χ1) is 5.25. The van der Waals surface area contributed by atoms with Crippen LogP contribution in [0.2, 0.25) is 0 Å². The molecule has 1 rings (SSSR count). The fraction of sp³-hybridized carbons (Fsp3) is 0.625. The summed E-state index contributed by atoms with van der Waals surface area (Å²) in [5.74, 6) is 0. The van der Waals surface area contributed by atoms with Gasteiger partial charge in [-0.15, -0.1) is 0 Å². The molecule has 2 unspecified atom stereocenters. The molecule has 0 saturated heterocycles. The number of aromatic nitrogens is 2. The number of rotatable bonds is 3. The van der Waals surface area contributed by atoms with Gasteiger partial charge in [-0.2, -0.15) is 0 Å². The highest BCUT2D eigenvalue weighted by atomic mass is 15.1. The SMILES string of the molecule is CCC(N)C(C)n1ccnc1. The van der Waals surface area contributed by atoms with Gasteiger partial charge in [0.05, 0.1) is 6.33 Å². The molecular weight excluding hydrogens is 138 g/mol. The molecule has 1 aromatic rings. The zero-order valence-corrected chi connectivity index (χ0v) is 7.07. The molecule has 0 fully saturated rings. The van der Waals surface area contributed by atoms with Gasteiger partial charge < -0.3 is 10.3 Å². The van der Waals surface area contributed by atoms with Gasteiger partial charge in [-0.1, -0.05) is 6.92 Å². The fourth-order valence-corrected chi connectivity index (χ4v) is 1.07. The van der Waals surface area contributed by atoms with Gasteiger partial charge in [0.1, 0.15) is 0 Å². The van der Waals surface area contributed by atoms with Crippen LogP contribution in [0.5, 0.6) is 0 Å². The Morgan fingerprint density at radius 2 is 2.36 bits per heavy atom. The van der Waals surface area contributed by atoms with Crippen LogP contribution in [-0.2, 0) is 0 Å². The average Bonchev–Trinajstić information content (AvgIpc) is 2.53. The van der Waals surface area contributed by atoms with Gasteiger partial charge in [-0.25, -0.2) is 4.98 Å². The standard InChI is InChI=1S/C8H15N3/c1-3-8(9)7(2)11-5-4-10-6-11/h4-8H,3,9H2,1-2H3. The predicted octanol–water partition coefficient (Wildman–Crippen LogP) is 1.18. The quantitative estimate of drug-likeness (QED) is 0.708. The third kappa shape index (κ3) is 1.80. The van der Waals surface area contributed by atoms with Gasteiger partial charge in [0.15, 0.2) is 0 Å². The fourth-order valence-electron chi connectivity index (χ4n) is 1.07. The van der Waals surface area contributed by atoms with E-state index in [2.05, 4.69) is 18.8 Å². The van der Waals surface area contributed by atoms with Crippen molar-refractivity contribution in [3.05, 3.63) is 18.7 Å². The lowest BCUT2D eigenvalue weighted by Crippen LogP contribution is -2.28. The Morgan fingerprint density at radius 1 is 1.64 bits per heavy atom. The first-order valence-electron chi connectivity index (χ1n) is 3.98. The largest absolute Gasteiger partial charge is 0.333 e. The van der Waals surface area contributed by atoms with Gasteiger partial charge in [-0.3, -0.25) is 0 Å². The van der Waals surface area contributed by atoms with Crippen molar-refractivity contribution >= 4 is 0 Å². The van der Waals surface area contributed by atoms with Crippen molar-refractivity contribution < 1.29 is 0 Å². The summed E-state index contributed by atoms with van der Waals surface area (Å²) < 4.78 is 2.04. The minimum absolute atomic E-state index is 0.226. The zero-order valence-electron chi connectivity index (χ0n) is 7.07. The Morgan fingerprint density at radius 3 is 2.82 bits per heavy atom. The first kappa shape index (κ1) is 8.27. The van der Waals surface area contributed by atoms with Crippen LogP contribution in [0.15, 0.2) is 18.7 Å². The molecule has 0 amide bonds. The van der Waals surface area contributed by atoms with Crippen molar-refractivity contribution in [1.29, 1.82) is 0 Å². The van der Waals surface area contributed by atoms with Crippen LogP contribution in [-0.4, -0.2) is 15.6 Å². The number of hydrogen-bond donors (Lipinski definition) is 1. The van der Waals surface area contributed by atoms with E-state index in [1.165, 1.54) is 0 Å².